The van der Waals surface area contributed by atoms with Crippen molar-refractivity contribution in [2.75, 3.05) is 27.2 Å². The SMILES string of the molecule is C=C(OCC)C(N)=O.C=CC(=O)N(C)C(C)(C)O.C=CC(=O)N(C)CC(C)O. The fourth-order valence-corrected chi connectivity index (χ4v) is 1.29. The maximum Gasteiger partial charge on any atom is 0.283 e. The van der Waals surface area contributed by atoms with Crippen molar-refractivity contribution < 1.29 is 29.3 Å². The zero-order chi connectivity index (χ0) is 23.1. The normalized spacial score (nSPS) is 10.6. The number of nitrogens with zero attached hydrogens (tertiary/aromatic N) is 2. The summed E-state index contributed by atoms with van der Waals surface area (Å²) in [7, 11) is 3.14. The van der Waals surface area contributed by atoms with E-state index in [1.165, 1.54) is 36.8 Å². The molecule has 28 heavy (non-hydrogen) atoms. The number of hydrogen-bond acceptors (Lipinski definition) is 6. The van der Waals surface area contributed by atoms with E-state index in [4.69, 9.17) is 10.8 Å². The summed E-state index contributed by atoms with van der Waals surface area (Å²) in [6.45, 7) is 17.1. The van der Waals surface area contributed by atoms with E-state index < -0.39 is 17.7 Å². The first-order chi connectivity index (χ1) is 12.6. The van der Waals surface area contributed by atoms with Crippen LogP contribution in [0.15, 0.2) is 37.6 Å². The van der Waals surface area contributed by atoms with Crippen LogP contribution in [0.3, 0.4) is 0 Å². The molecule has 0 aromatic carbocycles. The van der Waals surface area contributed by atoms with Crippen LogP contribution in [0.4, 0.5) is 0 Å². The van der Waals surface area contributed by atoms with Crippen LogP contribution in [0.2, 0.25) is 0 Å². The fourth-order valence-electron chi connectivity index (χ4n) is 1.29. The Morgan fingerprint density at radius 1 is 1.18 bits per heavy atom. The van der Waals surface area contributed by atoms with Gasteiger partial charge in [-0.05, 0) is 39.8 Å². The molecule has 0 saturated carbocycles. The molecular formula is C19H35N3O6. The third-order valence-electron chi connectivity index (χ3n) is 3.01. The van der Waals surface area contributed by atoms with Gasteiger partial charge in [-0.15, -0.1) is 0 Å². The van der Waals surface area contributed by atoms with Gasteiger partial charge < -0.3 is 30.5 Å². The van der Waals surface area contributed by atoms with Crippen LogP contribution in [0.25, 0.3) is 0 Å². The maximum atomic E-state index is 10.8. The highest BCUT2D eigenvalue weighted by atomic mass is 16.5. The number of likely N-dealkylation sites (N-methyl/N-ethyl adjacent to an activating group) is 2. The van der Waals surface area contributed by atoms with Gasteiger partial charge in [-0.2, -0.15) is 0 Å². The molecular weight excluding hydrogens is 366 g/mol. The van der Waals surface area contributed by atoms with Crippen LogP contribution < -0.4 is 5.73 Å². The quantitative estimate of drug-likeness (QED) is 0.306. The van der Waals surface area contributed by atoms with Crippen molar-refractivity contribution >= 4 is 17.7 Å². The summed E-state index contributed by atoms with van der Waals surface area (Å²) in [6.07, 6.45) is 1.91. The lowest BCUT2D eigenvalue weighted by Crippen LogP contribution is -2.43. The Morgan fingerprint density at radius 2 is 1.61 bits per heavy atom. The van der Waals surface area contributed by atoms with Crippen molar-refractivity contribution in [2.45, 2.75) is 39.5 Å². The molecule has 1 unspecified atom stereocenters. The lowest BCUT2D eigenvalue weighted by Gasteiger charge is -2.29. The molecule has 0 spiro atoms. The van der Waals surface area contributed by atoms with E-state index >= 15 is 0 Å². The summed E-state index contributed by atoms with van der Waals surface area (Å²) in [5.74, 6) is -1.03. The van der Waals surface area contributed by atoms with Crippen LogP contribution in [0.1, 0.15) is 27.7 Å². The van der Waals surface area contributed by atoms with E-state index in [1.54, 1.807) is 20.9 Å². The van der Waals surface area contributed by atoms with Crippen molar-refractivity contribution in [1.82, 2.24) is 9.80 Å². The Labute approximate surface area is 167 Å². The topological polar surface area (TPSA) is 133 Å². The number of amides is 3. The molecule has 0 aliphatic carbocycles. The van der Waals surface area contributed by atoms with Crippen molar-refractivity contribution in [2.24, 2.45) is 5.73 Å². The van der Waals surface area contributed by atoms with Crippen LogP contribution >= 0.6 is 0 Å². The number of nitrogens with two attached hydrogens (primary N) is 1. The molecule has 1 atom stereocenters. The second-order valence-corrected chi connectivity index (χ2v) is 6.09. The molecule has 4 N–H and O–H groups in total. The highest BCUT2D eigenvalue weighted by Crippen LogP contribution is 2.06. The van der Waals surface area contributed by atoms with Gasteiger partial charge in [0, 0.05) is 20.6 Å². The van der Waals surface area contributed by atoms with Crippen LogP contribution in [0.5, 0.6) is 0 Å². The smallest absolute Gasteiger partial charge is 0.283 e. The van der Waals surface area contributed by atoms with Gasteiger partial charge in [0.15, 0.2) is 5.76 Å². The van der Waals surface area contributed by atoms with Crippen LogP contribution in [0, 0.1) is 0 Å². The molecule has 0 aromatic rings. The van der Waals surface area contributed by atoms with Gasteiger partial charge in [-0.25, -0.2) is 0 Å². The average Bonchev–Trinajstić information content (AvgIpc) is 2.59. The van der Waals surface area contributed by atoms with Gasteiger partial charge in [0.05, 0.1) is 12.7 Å². The first kappa shape index (κ1) is 30.1. The zero-order valence-corrected chi connectivity index (χ0v) is 17.8. The van der Waals surface area contributed by atoms with E-state index in [0.29, 0.717) is 13.2 Å². The second kappa shape index (κ2) is 15.4. The molecule has 0 rings (SSSR count). The maximum absolute atomic E-state index is 10.8. The van der Waals surface area contributed by atoms with Gasteiger partial charge in [0.1, 0.15) is 5.72 Å². The Hall–Kier alpha value is -2.65. The lowest BCUT2D eigenvalue weighted by molar-refractivity contribution is -0.143. The van der Waals surface area contributed by atoms with E-state index in [1.807, 2.05) is 0 Å². The average molecular weight is 402 g/mol. The third kappa shape index (κ3) is 16.8. The standard InChI is InChI=1S/2C7H13NO2.C5H9NO2/c1-5-6(9)8(4)7(2,3)10;1-4-7(10)8(3)5-6(2)9;1-3-8-4(2)5(6)7/h5,10H,1H2,2-4H3;4,6,9H,1,5H2,2-3H3;2-3H2,1H3,(H2,6,7). The molecule has 0 radical (unpaired) electrons. The molecule has 0 aliphatic heterocycles. The van der Waals surface area contributed by atoms with Gasteiger partial charge >= 0.3 is 0 Å². The lowest BCUT2D eigenvalue weighted by atomic mass is 10.2. The predicted molar refractivity (Wildman–Crippen MR) is 109 cm³/mol. The second-order valence-electron chi connectivity index (χ2n) is 6.09. The summed E-state index contributed by atoms with van der Waals surface area (Å²) in [4.78, 5) is 34.3. The summed E-state index contributed by atoms with van der Waals surface area (Å²) in [5.41, 5.74) is 3.65. The van der Waals surface area contributed by atoms with Crippen molar-refractivity contribution in [3.63, 3.8) is 0 Å². The first-order valence-corrected chi connectivity index (χ1v) is 8.45. The Morgan fingerprint density at radius 3 is 1.79 bits per heavy atom. The summed E-state index contributed by atoms with van der Waals surface area (Å²) < 4.78 is 4.63. The molecule has 162 valence electrons. The molecule has 9 nitrogen and oxygen atoms in total. The first-order valence-electron chi connectivity index (χ1n) is 8.45. The summed E-state index contributed by atoms with van der Waals surface area (Å²) in [5, 5.41) is 18.1. The van der Waals surface area contributed by atoms with Crippen molar-refractivity contribution in [1.29, 1.82) is 0 Å². The van der Waals surface area contributed by atoms with Crippen molar-refractivity contribution in [3.8, 4) is 0 Å². The van der Waals surface area contributed by atoms with E-state index in [-0.39, 0.29) is 17.6 Å². The highest BCUT2D eigenvalue weighted by molar-refractivity contribution is 5.89. The Kier molecular flexibility index (Phi) is 16.6. The van der Waals surface area contributed by atoms with E-state index in [0.717, 1.165) is 6.08 Å². The highest BCUT2D eigenvalue weighted by Gasteiger charge is 2.21. The number of ether oxygens (including phenoxy) is 1. The Bertz CT molecular complexity index is 538. The minimum absolute atomic E-state index is 0.0208. The summed E-state index contributed by atoms with van der Waals surface area (Å²) >= 11 is 0. The van der Waals surface area contributed by atoms with Gasteiger partial charge in [0.25, 0.3) is 5.91 Å². The monoisotopic (exact) mass is 401 g/mol. The molecule has 0 saturated heterocycles. The number of carbonyl (C=O) groups excluding carboxylic acids is 3. The van der Waals surface area contributed by atoms with Crippen LogP contribution in [-0.2, 0) is 19.1 Å². The number of aliphatic hydroxyl groups excluding tert-OH is 1. The zero-order valence-electron chi connectivity index (χ0n) is 17.8. The molecule has 3 amide bonds. The third-order valence-corrected chi connectivity index (χ3v) is 3.01. The number of hydrogen-bond donors (Lipinski definition) is 3. The molecule has 0 fully saturated rings. The fraction of sp³-hybridized carbons (Fsp3) is 0.526. The minimum atomic E-state index is -1.11. The predicted octanol–water partition coefficient (Wildman–Crippen LogP) is 0.393. The van der Waals surface area contributed by atoms with Gasteiger partial charge in [-0.1, -0.05) is 19.7 Å². The molecule has 0 bridgehead atoms. The van der Waals surface area contributed by atoms with E-state index in [9.17, 15) is 19.5 Å². The molecule has 0 heterocycles. The molecule has 0 aliphatic rings. The minimum Gasteiger partial charge on any atom is -0.489 e. The largest absolute Gasteiger partial charge is 0.489 e. The number of rotatable bonds is 8. The number of aliphatic hydroxyl groups is 2. The van der Waals surface area contributed by atoms with Crippen LogP contribution in [-0.4, -0.2) is 76.8 Å². The summed E-state index contributed by atoms with van der Waals surface area (Å²) in [6, 6.07) is 0. The number of primary amides is 1. The van der Waals surface area contributed by atoms with Crippen molar-refractivity contribution in [3.05, 3.63) is 37.6 Å². The molecule has 0 aromatic heterocycles. The Balaban J connectivity index is -0.000000337. The van der Waals surface area contributed by atoms with Gasteiger partial charge in [-0.3, -0.25) is 14.4 Å². The number of carbonyl (C=O) groups is 3. The molecule has 9 heteroatoms. The van der Waals surface area contributed by atoms with E-state index in [2.05, 4.69) is 24.5 Å². The van der Waals surface area contributed by atoms with Gasteiger partial charge in [0.2, 0.25) is 11.8 Å².